The van der Waals surface area contributed by atoms with Gasteiger partial charge in [-0.3, -0.25) is 0 Å². The van der Waals surface area contributed by atoms with Gasteiger partial charge < -0.3 is 14.5 Å². The maximum Gasteiger partial charge on any atom is 0.407 e. The summed E-state index contributed by atoms with van der Waals surface area (Å²) in [4.78, 5) is 14.3. The fourth-order valence-corrected chi connectivity index (χ4v) is 5.84. The van der Waals surface area contributed by atoms with Gasteiger partial charge in [-0.05, 0) is 79.8 Å². The third kappa shape index (κ3) is 7.47. The van der Waals surface area contributed by atoms with Crippen LogP contribution in [-0.4, -0.2) is 33.7 Å². The lowest BCUT2D eigenvalue weighted by Crippen LogP contribution is -2.45. The van der Waals surface area contributed by atoms with E-state index in [2.05, 4.69) is 69.5 Å². The van der Waals surface area contributed by atoms with Crippen LogP contribution in [-0.2, 0) is 9.16 Å². The van der Waals surface area contributed by atoms with Crippen molar-refractivity contribution in [3.63, 3.8) is 0 Å². The van der Waals surface area contributed by atoms with Gasteiger partial charge in [0.1, 0.15) is 0 Å². The fraction of sp³-hybridized carbons (Fsp3) is 0.625. The van der Waals surface area contributed by atoms with Crippen molar-refractivity contribution in [3.8, 4) is 0 Å². The molecule has 1 N–H and O–H groups in total. The third-order valence-corrected chi connectivity index (χ3v) is 11.7. The van der Waals surface area contributed by atoms with Gasteiger partial charge in [-0.2, -0.15) is 0 Å². The van der Waals surface area contributed by atoms with Gasteiger partial charge in [-0.1, -0.05) is 50.7 Å². The lowest BCUT2D eigenvalue weighted by atomic mass is 9.93. The van der Waals surface area contributed by atoms with E-state index in [1.165, 1.54) is 21.8 Å². The first-order chi connectivity index (χ1) is 14.1. The number of amides is 1. The molecule has 4 nitrogen and oxygen atoms in total. The van der Waals surface area contributed by atoms with E-state index in [9.17, 15) is 4.79 Å². The van der Waals surface area contributed by atoms with Crippen LogP contribution in [0, 0.1) is 0 Å². The molecule has 0 aromatic heterocycles. The molecule has 0 aliphatic heterocycles. The van der Waals surface area contributed by atoms with Gasteiger partial charge in [-0.15, -0.1) is 0 Å². The van der Waals surface area contributed by atoms with E-state index in [0.29, 0.717) is 13.2 Å². The summed E-state index contributed by atoms with van der Waals surface area (Å²) >= 11 is 1.89. The van der Waals surface area contributed by atoms with Gasteiger partial charge in [0.2, 0.25) is 0 Å². The molecular formula is C24H39NO3SSi. The van der Waals surface area contributed by atoms with Gasteiger partial charge >= 0.3 is 6.09 Å². The SMILES string of the molecule is CCOC(=O)NCCCC1=C(Sc2ccccc2)CCC[C@@H]1O[Si](C)(C)C(C)(C)C. The van der Waals surface area contributed by atoms with Gasteiger partial charge in [0.25, 0.3) is 0 Å². The number of alkyl carbamates (subject to hydrolysis) is 1. The molecule has 6 heteroatoms. The smallest absolute Gasteiger partial charge is 0.407 e. The molecule has 1 aliphatic rings. The molecule has 30 heavy (non-hydrogen) atoms. The summed E-state index contributed by atoms with van der Waals surface area (Å²) in [6.45, 7) is 14.4. The maximum atomic E-state index is 11.6. The molecule has 1 amide bonds. The molecule has 1 aromatic rings. The summed E-state index contributed by atoms with van der Waals surface area (Å²) in [7, 11) is -1.87. The maximum absolute atomic E-state index is 11.6. The van der Waals surface area contributed by atoms with Crippen LogP contribution in [0.5, 0.6) is 0 Å². The Balaban J connectivity index is 2.17. The zero-order valence-corrected chi connectivity index (χ0v) is 21.4. The molecule has 0 unspecified atom stereocenters. The van der Waals surface area contributed by atoms with Crippen LogP contribution in [0.3, 0.4) is 0 Å². The molecule has 0 bridgehead atoms. The minimum absolute atomic E-state index is 0.188. The van der Waals surface area contributed by atoms with Gasteiger partial charge in [0.05, 0.1) is 12.7 Å². The quantitative estimate of drug-likeness (QED) is 0.322. The van der Waals surface area contributed by atoms with Crippen LogP contribution >= 0.6 is 11.8 Å². The standard InChI is InChI=1S/C24H39NO3SSi/c1-7-27-23(26)25-18-12-15-20-21(28-30(5,6)24(2,3)4)16-11-17-22(20)29-19-13-9-8-10-14-19/h8-10,13-14,21H,7,11-12,15-18H2,1-6H3,(H,25,26)/t21-/m0/s1. The summed E-state index contributed by atoms with van der Waals surface area (Å²) in [5, 5.41) is 3.04. The summed E-state index contributed by atoms with van der Waals surface area (Å²) in [5.74, 6) is 0. The topological polar surface area (TPSA) is 47.6 Å². The highest BCUT2D eigenvalue weighted by Crippen LogP contribution is 2.44. The average Bonchev–Trinajstić information content (AvgIpc) is 2.66. The number of nitrogens with one attached hydrogen (secondary N) is 1. The minimum atomic E-state index is -1.87. The third-order valence-electron chi connectivity index (χ3n) is 6.01. The highest BCUT2D eigenvalue weighted by Gasteiger charge is 2.40. The summed E-state index contributed by atoms with van der Waals surface area (Å²) in [6, 6.07) is 10.6. The number of thioether (sulfide) groups is 1. The molecule has 0 saturated carbocycles. The first kappa shape index (κ1) is 25.0. The molecule has 0 spiro atoms. The second-order valence-corrected chi connectivity index (χ2v) is 15.3. The molecule has 0 fully saturated rings. The zero-order chi connectivity index (χ0) is 22.2. The van der Waals surface area contributed by atoms with Crippen molar-refractivity contribution in [1.29, 1.82) is 0 Å². The lowest BCUT2D eigenvalue weighted by molar-refractivity contribution is 0.152. The molecule has 1 aliphatic carbocycles. The summed E-state index contributed by atoms with van der Waals surface area (Å²) < 4.78 is 11.9. The Bertz CT molecular complexity index is 713. The summed E-state index contributed by atoms with van der Waals surface area (Å²) in [6.07, 6.45) is 5.06. The van der Waals surface area contributed by atoms with E-state index in [0.717, 1.165) is 25.7 Å². The summed E-state index contributed by atoms with van der Waals surface area (Å²) in [5.41, 5.74) is 1.44. The van der Waals surface area contributed by atoms with Crippen molar-refractivity contribution in [2.45, 2.75) is 88.9 Å². The van der Waals surface area contributed by atoms with Gasteiger partial charge in [0, 0.05) is 11.4 Å². The molecule has 168 valence electrons. The van der Waals surface area contributed by atoms with E-state index in [1.54, 1.807) is 0 Å². The highest BCUT2D eigenvalue weighted by molar-refractivity contribution is 8.03. The lowest BCUT2D eigenvalue weighted by Gasteiger charge is -2.41. The largest absolute Gasteiger partial charge is 0.450 e. The molecule has 0 radical (unpaired) electrons. The van der Waals surface area contributed by atoms with Gasteiger partial charge in [0.15, 0.2) is 8.32 Å². The fourth-order valence-electron chi connectivity index (χ4n) is 3.32. The first-order valence-electron chi connectivity index (χ1n) is 11.2. The van der Waals surface area contributed by atoms with E-state index in [1.807, 2.05) is 18.7 Å². The second-order valence-electron chi connectivity index (χ2n) is 9.37. The number of hydrogen-bond donors (Lipinski definition) is 1. The molecular weight excluding hydrogens is 410 g/mol. The molecule has 1 aromatic carbocycles. The van der Waals surface area contributed by atoms with Crippen LogP contribution in [0.1, 0.15) is 59.8 Å². The zero-order valence-electron chi connectivity index (χ0n) is 19.5. The van der Waals surface area contributed by atoms with Crippen molar-refractivity contribution in [3.05, 3.63) is 40.8 Å². The number of ether oxygens (including phenoxy) is 1. The predicted octanol–water partition coefficient (Wildman–Crippen LogP) is 7.13. The average molecular weight is 450 g/mol. The Kier molecular flexibility index (Phi) is 9.51. The Morgan fingerprint density at radius 3 is 2.57 bits per heavy atom. The number of carbonyl (C=O) groups is 1. The monoisotopic (exact) mass is 449 g/mol. The van der Waals surface area contributed by atoms with Crippen molar-refractivity contribution in [2.75, 3.05) is 13.2 Å². The second kappa shape index (κ2) is 11.4. The Hall–Kier alpha value is -1.24. The first-order valence-corrected chi connectivity index (χ1v) is 14.9. The molecule has 2 rings (SSSR count). The van der Waals surface area contributed by atoms with E-state index in [4.69, 9.17) is 9.16 Å². The number of carbonyl (C=O) groups excluding carboxylic acids is 1. The Labute approximate surface area is 188 Å². The van der Waals surface area contributed by atoms with E-state index < -0.39 is 8.32 Å². The minimum Gasteiger partial charge on any atom is -0.450 e. The van der Waals surface area contributed by atoms with Crippen LogP contribution < -0.4 is 5.32 Å². The predicted molar refractivity (Wildman–Crippen MR) is 130 cm³/mol. The van der Waals surface area contributed by atoms with Crippen molar-refractivity contribution in [2.24, 2.45) is 0 Å². The van der Waals surface area contributed by atoms with Crippen LogP contribution in [0.2, 0.25) is 18.1 Å². The molecule has 0 heterocycles. The van der Waals surface area contributed by atoms with Crippen LogP contribution in [0.25, 0.3) is 0 Å². The Morgan fingerprint density at radius 1 is 1.23 bits per heavy atom. The number of rotatable bonds is 9. The highest BCUT2D eigenvalue weighted by atomic mass is 32.2. The number of hydrogen-bond acceptors (Lipinski definition) is 4. The van der Waals surface area contributed by atoms with E-state index >= 15 is 0 Å². The van der Waals surface area contributed by atoms with Crippen LogP contribution in [0.15, 0.2) is 45.7 Å². The number of benzene rings is 1. The van der Waals surface area contributed by atoms with Crippen molar-refractivity contribution >= 4 is 26.2 Å². The van der Waals surface area contributed by atoms with Crippen LogP contribution in [0.4, 0.5) is 4.79 Å². The Morgan fingerprint density at radius 2 is 1.93 bits per heavy atom. The normalized spacial score (nSPS) is 17.7. The number of allylic oxidation sites excluding steroid dienone is 1. The molecule has 0 saturated heterocycles. The van der Waals surface area contributed by atoms with Crippen molar-refractivity contribution < 1.29 is 14.0 Å². The van der Waals surface area contributed by atoms with Gasteiger partial charge in [-0.25, -0.2) is 4.79 Å². The van der Waals surface area contributed by atoms with Crippen molar-refractivity contribution in [1.82, 2.24) is 5.32 Å². The van der Waals surface area contributed by atoms with E-state index in [-0.39, 0.29) is 17.2 Å². The molecule has 1 atom stereocenters.